The quantitative estimate of drug-likeness (QED) is 0.627. The van der Waals surface area contributed by atoms with Crippen molar-refractivity contribution in [1.29, 1.82) is 0 Å². The van der Waals surface area contributed by atoms with Gasteiger partial charge in [-0.2, -0.15) is 0 Å². The maximum absolute atomic E-state index is 5.77. The Morgan fingerprint density at radius 1 is 1.25 bits per heavy atom. The van der Waals surface area contributed by atoms with Crippen molar-refractivity contribution in [2.45, 2.75) is 6.54 Å². The van der Waals surface area contributed by atoms with Gasteiger partial charge in [0.2, 0.25) is 5.88 Å². The Kier molecular flexibility index (Phi) is 4.46. The molecule has 7 nitrogen and oxygen atoms in total. The first-order valence-electron chi connectivity index (χ1n) is 5.88. The number of hydrogen-bond donors (Lipinski definition) is 2. The zero-order valence-corrected chi connectivity index (χ0v) is 11.0. The molecule has 0 saturated carbocycles. The van der Waals surface area contributed by atoms with Crippen LogP contribution in [0, 0.1) is 0 Å². The molecule has 2 aromatic rings. The molecule has 0 atom stereocenters. The summed E-state index contributed by atoms with van der Waals surface area (Å²) < 4.78 is 5.67. The van der Waals surface area contributed by atoms with Crippen molar-refractivity contribution in [3.8, 4) is 11.6 Å². The van der Waals surface area contributed by atoms with Crippen LogP contribution < -0.4 is 16.2 Å². The highest BCUT2D eigenvalue weighted by molar-refractivity contribution is 5.88. The van der Waals surface area contributed by atoms with Crippen molar-refractivity contribution >= 4 is 12.0 Å². The van der Waals surface area contributed by atoms with Crippen LogP contribution in [0.4, 0.5) is 5.82 Å². The van der Waals surface area contributed by atoms with Gasteiger partial charge in [-0.3, -0.25) is 0 Å². The highest BCUT2D eigenvalue weighted by atomic mass is 16.6. The number of oxime groups is 1. The van der Waals surface area contributed by atoms with Gasteiger partial charge in [0.25, 0.3) is 0 Å². The summed E-state index contributed by atoms with van der Waals surface area (Å²) in [5.74, 6) is 1.18. The van der Waals surface area contributed by atoms with Crippen LogP contribution in [0.5, 0.6) is 11.6 Å². The predicted octanol–water partition coefficient (Wildman–Crippen LogP) is 1.29. The van der Waals surface area contributed by atoms with E-state index in [1.807, 2.05) is 12.1 Å². The molecule has 0 aliphatic carbocycles. The zero-order valence-electron chi connectivity index (χ0n) is 11.0. The predicted molar refractivity (Wildman–Crippen MR) is 75.5 cm³/mol. The fourth-order valence-electron chi connectivity index (χ4n) is 1.51. The first-order valence-corrected chi connectivity index (χ1v) is 5.88. The zero-order chi connectivity index (χ0) is 14.4. The third kappa shape index (κ3) is 3.21. The van der Waals surface area contributed by atoms with E-state index in [0.717, 1.165) is 5.56 Å². The fourth-order valence-corrected chi connectivity index (χ4v) is 1.51. The van der Waals surface area contributed by atoms with Crippen molar-refractivity contribution in [3.63, 3.8) is 0 Å². The lowest BCUT2D eigenvalue weighted by Crippen LogP contribution is -2.02. The molecule has 20 heavy (non-hydrogen) atoms. The van der Waals surface area contributed by atoms with Gasteiger partial charge >= 0.3 is 0 Å². The van der Waals surface area contributed by atoms with E-state index in [9.17, 15) is 0 Å². The average molecular weight is 273 g/mol. The van der Waals surface area contributed by atoms with Gasteiger partial charge in [0.15, 0.2) is 0 Å². The number of nitrogens with two attached hydrogens (primary N) is 2. The number of aromatic nitrogens is 2. The second-order valence-electron chi connectivity index (χ2n) is 3.84. The Morgan fingerprint density at radius 2 is 2.00 bits per heavy atom. The Morgan fingerprint density at radius 3 is 2.65 bits per heavy atom. The lowest BCUT2D eigenvalue weighted by Gasteiger charge is -2.08. The summed E-state index contributed by atoms with van der Waals surface area (Å²) >= 11 is 0. The Hall–Kier alpha value is -2.67. The molecule has 0 unspecified atom stereocenters. The van der Waals surface area contributed by atoms with Gasteiger partial charge in [-0.1, -0.05) is 17.3 Å². The van der Waals surface area contributed by atoms with Crippen LogP contribution in [0.3, 0.4) is 0 Å². The first kappa shape index (κ1) is 13.8. The first-order chi connectivity index (χ1) is 9.74. The molecule has 0 spiro atoms. The molecule has 2 rings (SSSR count). The second kappa shape index (κ2) is 6.48. The van der Waals surface area contributed by atoms with Crippen molar-refractivity contribution in [3.05, 3.63) is 41.7 Å². The normalized spacial score (nSPS) is 10.7. The van der Waals surface area contributed by atoms with E-state index >= 15 is 0 Å². The van der Waals surface area contributed by atoms with Crippen molar-refractivity contribution in [2.24, 2.45) is 10.9 Å². The number of rotatable bonds is 5. The van der Waals surface area contributed by atoms with Gasteiger partial charge in [0.05, 0.1) is 6.21 Å². The molecule has 0 aliphatic heterocycles. The number of nitrogen functional groups attached to an aromatic ring is 1. The topological polar surface area (TPSA) is 109 Å². The Bertz CT molecular complexity index is 598. The van der Waals surface area contributed by atoms with Crippen LogP contribution in [0.2, 0.25) is 0 Å². The molecular weight excluding hydrogens is 258 g/mol. The lowest BCUT2D eigenvalue weighted by molar-refractivity contribution is 0.215. The summed E-state index contributed by atoms with van der Waals surface area (Å²) in [5.41, 5.74) is 12.8. The molecule has 1 aromatic heterocycles. The molecule has 104 valence electrons. The average Bonchev–Trinajstić information content (AvgIpc) is 2.47. The second-order valence-corrected chi connectivity index (χ2v) is 3.84. The van der Waals surface area contributed by atoms with E-state index in [-0.39, 0.29) is 5.82 Å². The van der Waals surface area contributed by atoms with Gasteiger partial charge in [0, 0.05) is 6.54 Å². The molecule has 4 N–H and O–H groups in total. The minimum absolute atomic E-state index is 0.259. The molecule has 0 aliphatic rings. The SMILES string of the molecule is CO/N=C/c1c(N)ncnc1Oc1ccc(CN)cc1. The lowest BCUT2D eigenvalue weighted by atomic mass is 10.2. The summed E-state index contributed by atoms with van der Waals surface area (Å²) in [4.78, 5) is 12.6. The Balaban J connectivity index is 2.27. The summed E-state index contributed by atoms with van der Waals surface area (Å²) in [6.45, 7) is 0.479. The molecule has 0 fully saturated rings. The number of ether oxygens (including phenoxy) is 1. The largest absolute Gasteiger partial charge is 0.438 e. The minimum atomic E-state index is 0.259. The van der Waals surface area contributed by atoms with E-state index in [1.54, 1.807) is 12.1 Å². The summed E-state index contributed by atoms with van der Waals surface area (Å²) in [5, 5.41) is 3.65. The van der Waals surface area contributed by atoms with E-state index in [4.69, 9.17) is 16.2 Å². The monoisotopic (exact) mass is 273 g/mol. The molecule has 7 heteroatoms. The molecule has 0 bridgehead atoms. The highest BCUT2D eigenvalue weighted by Gasteiger charge is 2.10. The van der Waals surface area contributed by atoms with Gasteiger partial charge in [-0.25, -0.2) is 9.97 Å². The standard InChI is InChI=1S/C13H15N5O2/c1-19-18-7-11-12(15)16-8-17-13(11)20-10-4-2-9(6-14)3-5-10/h2-5,7-8H,6,14H2,1H3,(H2,15,16,17)/b18-7+. The van der Waals surface area contributed by atoms with Crippen LogP contribution >= 0.6 is 0 Å². The molecule has 0 amide bonds. The number of anilines is 1. The highest BCUT2D eigenvalue weighted by Crippen LogP contribution is 2.24. The van der Waals surface area contributed by atoms with Crippen LogP contribution in [0.15, 0.2) is 35.7 Å². The van der Waals surface area contributed by atoms with Crippen LogP contribution in [-0.4, -0.2) is 23.3 Å². The van der Waals surface area contributed by atoms with Gasteiger partial charge < -0.3 is 21.0 Å². The van der Waals surface area contributed by atoms with Crippen LogP contribution in [-0.2, 0) is 11.4 Å². The van der Waals surface area contributed by atoms with E-state index < -0.39 is 0 Å². The minimum Gasteiger partial charge on any atom is -0.438 e. The van der Waals surface area contributed by atoms with Crippen molar-refractivity contribution in [2.75, 3.05) is 12.8 Å². The van der Waals surface area contributed by atoms with Crippen molar-refractivity contribution < 1.29 is 9.57 Å². The molecule has 1 aromatic carbocycles. The van der Waals surface area contributed by atoms with E-state index in [1.165, 1.54) is 19.7 Å². The van der Waals surface area contributed by atoms with Crippen LogP contribution in [0.1, 0.15) is 11.1 Å². The maximum Gasteiger partial charge on any atom is 0.233 e. The summed E-state index contributed by atoms with van der Waals surface area (Å²) in [6.07, 6.45) is 2.72. The molecule has 0 radical (unpaired) electrons. The third-order valence-corrected chi connectivity index (χ3v) is 2.54. The molecular formula is C13H15N5O2. The molecule has 1 heterocycles. The summed E-state index contributed by atoms with van der Waals surface area (Å²) in [7, 11) is 1.43. The van der Waals surface area contributed by atoms with Crippen molar-refractivity contribution in [1.82, 2.24) is 9.97 Å². The Labute approximate surface area is 116 Å². The number of benzene rings is 1. The maximum atomic E-state index is 5.77. The number of hydrogen-bond acceptors (Lipinski definition) is 7. The van der Waals surface area contributed by atoms with Crippen LogP contribution in [0.25, 0.3) is 0 Å². The third-order valence-electron chi connectivity index (χ3n) is 2.54. The number of nitrogens with zero attached hydrogens (tertiary/aromatic N) is 3. The van der Waals surface area contributed by atoms with Gasteiger partial charge in [-0.05, 0) is 17.7 Å². The fraction of sp³-hybridized carbons (Fsp3) is 0.154. The smallest absolute Gasteiger partial charge is 0.233 e. The van der Waals surface area contributed by atoms with Gasteiger partial charge in [-0.15, -0.1) is 0 Å². The van der Waals surface area contributed by atoms with E-state index in [2.05, 4.69) is 20.0 Å². The molecule has 0 saturated heterocycles. The van der Waals surface area contributed by atoms with E-state index in [0.29, 0.717) is 23.7 Å². The van der Waals surface area contributed by atoms with Gasteiger partial charge in [0.1, 0.15) is 30.6 Å². The summed E-state index contributed by atoms with van der Waals surface area (Å²) in [6, 6.07) is 7.36.